The van der Waals surface area contributed by atoms with E-state index in [2.05, 4.69) is 12.2 Å². The Morgan fingerprint density at radius 1 is 0.786 bits per heavy atom. The minimum absolute atomic E-state index is 0. The van der Waals surface area contributed by atoms with Gasteiger partial charge < -0.3 is 0 Å². The van der Waals surface area contributed by atoms with Gasteiger partial charge in [-0.05, 0) is 0 Å². The van der Waals surface area contributed by atoms with Crippen molar-refractivity contribution < 1.29 is 21.7 Å². The molecule has 1 aromatic carbocycles. The summed E-state index contributed by atoms with van der Waals surface area (Å²) in [6, 6.07) is 12.0. The molecule has 0 saturated heterocycles. The number of hydrogen-bond donors (Lipinski definition) is 0. The van der Waals surface area contributed by atoms with E-state index in [-0.39, 0.29) is 46.5 Å². The third kappa shape index (κ3) is 12.0. The quantitative estimate of drug-likeness (QED) is 0.493. The van der Waals surface area contributed by atoms with E-state index in [1.54, 1.807) is 0 Å². The largest absolute Gasteiger partial charge is 0.273 e. The molecule has 0 aromatic heterocycles. The van der Waals surface area contributed by atoms with Crippen LogP contribution in [0.15, 0.2) is 54.6 Å². The molecular formula is C11H13Cl2Ti-. The maximum Gasteiger partial charge on any atom is 0 e. The fourth-order valence-electron chi connectivity index (χ4n) is 0.725. The third-order valence-electron chi connectivity index (χ3n) is 1.25. The van der Waals surface area contributed by atoms with Gasteiger partial charge in [0, 0.05) is 21.7 Å². The molecule has 0 atom stereocenters. The van der Waals surface area contributed by atoms with Crippen LogP contribution in [0, 0.1) is 6.08 Å². The molecule has 0 heterocycles. The van der Waals surface area contributed by atoms with Crippen molar-refractivity contribution in [3.8, 4) is 0 Å². The number of benzene rings is 1. The first-order chi connectivity index (χ1) is 5.50. The molecule has 0 radical (unpaired) electrons. The molecule has 14 heavy (non-hydrogen) atoms. The van der Waals surface area contributed by atoms with Crippen LogP contribution >= 0.6 is 24.8 Å². The summed E-state index contributed by atoms with van der Waals surface area (Å²) in [4.78, 5) is 0. The molecule has 0 amide bonds. The second kappa shape index (κ2) is 15.5. The topological polar surface area (TPSA) is 0 Å². The van der Waals surface area contributed by atoms with Gasteiger partial charge in [-0.25, -0.2) is 12.2 Å². The van der Waals surface area contributed by atoms with Crippen molar-refractivity contribution in [3.05, 3.63) is 60.7 Å². The maximum atomic E-state index is 2.99. The third-order valence-corrected chi connectivity index (χ3v) is 1.25. The second-order valence-corrected chi connectivity index (χ2v) is 2.16. The summed E-state index contributed by atoms with van der Waals surface area (Å²) < 4.78 is 0. The van der Waals surface area contributed by atoms with Crippen molar-refractivity contribution in [1.29, 1.82) is 0 Å². The van der Waals surface area contributed by atoms with E-state index < -0.39 is 0 Å². The van der Waals surface area contributed by atoms with Crippen LogP contribution in [0.5, 0.6) is 0 Å². The molecule has 1 aliphatic rings. The van der Waals surface area contributed by atoms with Gasteiger partial charge in [-0.3, -0.25) is 6.08 Å². The molecule has 0 fully saturated rings. The van der Waals surface area contributed by atoms with Gasteiger partial charge in [0.15, 0.2) is 0 Å². The normalized spacial score (nSPS) is 9.71. The summed E-state index contributed by atoms with van der Waals surface area (Å²) in [6.45, 7) is 0. The average molecular weight is 264 g/mol. The first-order valence-corrected chi connectivity index (χ1v) is 3.72. The molecule has 0 aliphatic heterocycles. The Balaban J connectivity index is -0.000000144. The molecule has 1 aromatic rings. The molecule has 3 heteroatoms. The van der Waals surface area contributed by atoms with Gasteiger partial charge in [0.25, 0.3) is 0 Å². The van der Waals surface area contributed by atoms with Crippen molar-refractivity contribution in [1.82, 2.24) is 0 Å². The van der Waals surface area contributed by atoms with Gasteiger partial charge >= 0.3 is 0 Å². The predicted octanol–water partition coefficient (Wildman–Crippen LogP) is 3.83. The van der Waals surface area contributed by atoms with Crippen molar-refractivity contribution in [2.75, 3.05) is 0 Å². The Hall–Kier alpha value is -0.00571. The van der Waals surface area contributed by atoms with Crippen LogP contribution < -0.4 is 0 Å². The summed E-state index contributed by atoms with van der Waals surface area (Å²) in [5.41, 5.74) is 0. The molecule has 0 unspecified atom stereocenters. The van der Waals surface area contributed by atoms with Crippen molar-refractivity contribution in [3.63, 3.8) is 0 Å². The zero-order valence-electron chi connectivity index (χ0n) is 7.72. The number of allylic oxidation sites excluding steroid dienone is 4. The Morgan fingerprint density at radius 2 is 1.21 bits per heavy atom. The molecule has 2 rings (SSSR count). The molecule has 0 nitrogen and oxygen atoms in total. The van der Waals surface area contributed by atoms with Gasteiger partial charge in [-0.15, -0.1) is 31.2 Å². The average Bonchev–Trinajstić information content (AvgIpc) is 2.64. The summed E-state index contributed by atoms with van der Waals surface area (Å²) in [7, 11) is 0. The predicted molar refractivity (Wildman–Crippen MR) is 62.5 cm³/mol. The van der Waals surface area contributed by atoms with Gasteiger partial charge in [-0.1, -0.05) is 36.4 Å². The number of rotatable bonds is 0. The van der Waals surface area contributed by atoms with Crippen molar-refractivity contribution >= 4 is 24.8 Å². The van der Waals surface area contributed by atoms with Crippen LogP contribution in [0.1, 0.15) is 6.42 Å². The van der Waals surface area contributed by atoms with Crippen molar-refractivity contribution in [2.45, 2.75) is 6.42 Å². The zero-order valence-corrected chi connectivity index (χ0v) is 10.9. The van der Waals surface area contributed by atoms with E-state index in [1.807, 2.05) is 48.6 Å². The van der Waals surface area contributed by atoms with E-state index in [4.69, 9.17) is 0 Å². The second-order valence-electron chi connectivity index (χ2n) is 2.16. The monoisotopic (exact) mass is 263 g/mol. The summed E-state index contributed by atoms with van der Waals surface area (Å²) in [5.74, 6) is 0. The SMILES string of the molecule is Cl.Cl.[C-]1=CC=CC1.[Ti].c1ccccc1. The van der Waals surface area contributed by atoms with Crippen LogP contribution in [0.2, 0.25) is 0 Å². The Morgan fingerprint density at radius 3 is 1.36 bits per heavy atom. The van der Waals surface area contributed by atoms with Gasteiger partial charge in [0.1, 0.15) is 0 Å². The van der Waals surface area contributed by atoms with Gasteiger partial charge in [0.2, 0.25) is 0 Å². The van der Waals surface area contributed by atoms with E-state index >= 15 is 0 Å². The zero-order chi connectivity index (χ0) is 7.78. The first kappa shape index (κ1) is 19.5. The Labute approximate surface area is 113 Å². The molecule has 0 spiro atoms. The van der Waals surface area contributed by atoms with Crippen LogP contribution in [-0.2, 0) is 21.7 Å². The summed E-state index contributed by atoms with van der Waals surface area (Å²) in [6.07, 6.45) is 10.0. The summed E-state index contributed by atoms with van der Waals surface area (Å²) in [5, 5.41) is 0. The van der Waals surface area contributed by atoms with E-state index in [0.717, 1.165) is 6.42 Å². The molecule has 0 N–H and O–H groups in total. The maximum absolute atomic E-state index is 2.99. The molecule has 1 aliphatic carbocycles. The van der Waals surface area contributed by atoms with Gasteiger partial charge in [-0.2, -0.15) is 6.08 Å². The van der Waals surface area contributed by atoms with E-state index in [9.17, 15) is 0 Å². The molecule has 76 valence electrons. The van der Waals surface area contributed by atoms with Crippen molar-refractivity contribution in [2.24, 2.45) is 0 Å². The Kier molecular flexibility index (Phi) is 21.6. The molecular weight excluding hydrogens is 251 g/mol. The van der Waals surface area contributed by atoms with E-state index in [0.29, 0.717) is 0 Å². The first-order valence-electron chi connectivity index (χ1n) is 3.72. The van der Waals surface area contributed by atoms with Gasteiger partial charge in [0.05, 0.1) is 0 Å². The molecule has 0 bridgehead atoms. The molecule has 0 saturated carbocycles. The Bertz CT molecular complexity index is 196. The van der Waals surface area contributed by atoms with Crippen LogP contribution in [0.3, 0.4) is 0 Å². The summed E-state index contributed by atoms with van der Waals surface area (Å²) >= 11 is 0. The minimum atomic E-state index is 0. The minimum Gasteiger partial charge on any atom is -0.273 e. The number of halogens is 2. The number of hydrogen-bond acceptors (Lipinski definition) is 0. The van der Waals surface area contributed by atoms with Crippen LogP contribution in [0.4, 0.5) is 0 Å². The smallest absolute Gasteiger partial charge is 0 e. The fraction of sp³-hybridized carbons (Fsp3) is 0.0909. The fourth-order valence-corrected chi connectivity index (χ4v) is 0.725. The standard InChI is InChI=1S/C6H6.C5H5.2ClH.Ti/c1-2-4-6-5-3-1;1-2-4-5-3-1;;;/h1-6H;1-3H,4H2;2*1H;/q;-1;;;. The van der Waals surface area contributed by atoms with Crippen LogP contribution in [0.25, 0.3) is 0 Å². The van der Waals surface area contributed by atoms with E-state index in [1.165, 1.54) is 0 Å². The van der Waals surface area contributed by atoms with Crippen LogP contribution in [-0.4, -0.2) is 0 Å².